The molecule has 0 amide bonds. The van der Waals surface area contributed by atoms with Gasteiger partial charge in [0.1, 0.15) is 0 Å². The molecule has 1 atom stereocenters. The third-order valence-corrected chi connectivity index (χ3v) is 3.44. The summed E-state index contributed by atoms with van der Waals surface area (Å²) >= 11 is 0. The highest BCUT2D eigenvalue weighted by Crippen LogP contribution is 2.17. The summed E-state index contributed by atoms with van der Waals surface area (Å²) in [5.41, 5.74) is 5.68. The highest BCUT2D eigenvalue weighted by molar-refractivity contribution is 4.63. The number of hydrogen-bond donors (Lipinski definition) is 1. The molecular weight excluding hydrogens is 208 g/mol. The van der Waals surface area contributed by atoms with Gasteiger partial charge in [-0.2, -0.15) is 0 Å². The summed E-state index contributed by atoms with van der Waals surface area (Å²) in [5.74, 6) is 0.870. The molecule has 0 saturated carbocycles. The van der Waals surface area contributed by atoms with Gasteiger partial charge in [-0.3, -0.25) is 0 Å². The van der Waals surface area contributed by atoms with Crippen molar-refractivity contribution in [3.63, 3.8) is 0 Å². The van der Waals surface area contributed by atoms with Gasteiger partial charge in [0.15, 0.2) is 0 Å². The molecule has 0 aliphatic carbocycles. The molecule has 0 radical (unpaired) electrons. The Bertz CT molecular complexity index is 120. The Morgan fingerprint density at radius 3 is 1.94 bits per heavy atom. The fourth-order valence-corrected chi connectivity index (χ4v) is 2.65. The van der Waals surface area contributed by atoms with E-state index in [1.807, 2.05) is 0 Å². The molecule has 104 valence electrons. The summed E-state index contributed by atoms with van der Waals surface area (Å²) in [6.45, 7) is 11.5. The van der Waals surface area contributed by atoms with Gasteiger partial charge in [0.2, 0.25) is 0 Å². The molecule has 0 heterocycles. The smallest absolute Gasteiger partial charge is 0.00186 e. The first kappa shape index (κ1) is 16.9. The van der Waals surface area contributed by atoms with Gasteiger partial charge in [-0.1, -0.05) is 33.6 Å². The molecule has 0 aromatic carbocycles. The zero-order valence-electron chi connectivity index (χ0n) is 12.4. The van der Waals surface area contributed by atoms with Crippen LogP contribution in [0.3, 0.4) is 0 Å². The second-order valence-electron chi connectivity index (χ2n) is 5.22. The lowest BCUT2D eigenvalue weighted by molar-refractivity contribution is 0.257. The molecule has 0 aromatic rings. The van der Waals surface area contributed by atoms with Gasteiger partial charge in [0, 0.05) is 0 Å². The minimum Gasteiger partial charge on any atom is -0.330 e. The summed E-state index contributed by atoms with van der Waals surface area (Å²) in [7, 11) is 0. The van der Waals surface area contributed by atoms with Crippen molar-refractivity contribution in [2.45, 2.75) is 65.7 Å². The SMILES string of the molecule is CCCC(CCN)CCCN(CCC)CCC. The minimum absolute atomic E-state index is 0.859. The monoisotopic (exact) mass is 242 g/mol. The average molecular weight is 242 g/mol. The minimum atomic E-state index is 0.859. The van der Waals surface area contributed by atoms with E-state index in [9.17, 15) is 0 Å². The van der Waals surface area contributed by atoms with Crippen LogP contribution in [0.25, 0.3) is 0 Å². The van der Waals surface area contributed by atoms with Crippen molar-refractivity contribution in [3.8, 4) is 0 Å². The molecular formula is C15H34N2. The summed E-state index contributed by atoms with van der Waals surface area (Å²) in [5, 5.41) is 0. The maximum absolute atomic E-state index is 5.68. The molecule has 0 fully saturated rings. The van der Waals surface area contributed by atoms with Crippen molar-refractivity contribution in [2.75, 3.05) is 26.2 Å². The van der Waals surface area contributed by atoms with Crippen molar-refractivity contribution in [1.29, 1.82) is 0 Å². The standard InChI is InChI=1S/C15H34N2/c1-4-8-15(10-11-16)9-7-14-17(12-5-2)13-6-3/h15H,4-14,16H2,1-3H3. The van der Waals surface area contributed by atoms with Crippen LogP contribution >= 0.6 is 0 Å². The van der Waals surface area contributed by atoms with Crippen LogP contribution in [-0.2, 0) is 0 Å². The Labute approximate surface area is 109 Å². The molecule has 0 aromatic heterocycles. The van der Waals surface area contributed by atoms with E-state index in [1.54, 1.807) is 0 Å². The van der Waals surface area contributed by atoms with E-state index in [1.165, 1.54) is 64.6 Å². The largest absolute Gasteiger partial charge is 0.330 e. The average Bonchev–Trinajstić information content (AvgIpc) is 2.30. The van der Waals surface area contributed by atoms with Crippen LogP contribution in [-0.4, -0.2) is 31.1 Å². The topological polar surface area (TPSA) is 29.3 Å². The first-order valence-corrected chi connectivity index (χ1v) is 7.70. The second-order valence-corrected chi connectivity index (χ2v) is 5.22. The highest BCUT2D eigenvalue weighted by Gasteiger charge is 2.08. The molecule has 0 aliphatic rings. The Hall–Kier alpha value is -0.0800. The Morgan fingerprint density at radius 2 is 1.47 bits per heavy atom. The van der Waals surface area contributed by atoms with Gasteiger partial charge >= 0.3 is 0 Å². The molecule has 0 aliphatic heterocycles. The van der Waals surface area contributed by atoms with Gasteiger partial charge in [-0.25, -0.2) is 0 Å². The molecule has 0 saturated heterocycles. The van der Waals surface area contributed by atoms with Crippen molar-refractivity contribution < 1.29 is 0 Å². The van der Waals surface area contributed by atoms with E-state index < -0.39 is 0 Å². The molecule has 1 unspecified atom stereocenters. The predicted molar refractivity (Wildman–Crippen MR) is 78.3 cm³/mol. The first-order valence-electron chi connectivity index (χ1n) is 7.70. The van der Waals surface area contributed by atoms with Crippen LogP contribution in [0.2, 0.25) is 0 Å². The summed E-state index contributed by atoms with van der Waals surface area (Å²) in [4.78, 5) is 2.62. The fourth-order valence-electron chi connectivity index (χ4n) is 2.65. The number of rotatable bonds is 12. The predicted octanol–water partition coefficient (Wildman–Crippen LogP) is 3.65. The van der Waals surface area contributed by atoms with E-state index >= 15 is 0 Å². The summed E-state index contributed by atoms with van der Waals surface area (Å²) < 4.78 is 0. The van der Waals surface area contributed by atoms with Gasteiger partial charge in [-0.05, 0) is 64.2 Å². The van der Waals surface area contributed by atoms with E-state index in [0.29, 0.717) is 0 Å². The molecule has 2 N–H and O–H groups in total. The third kappa shape index (κ3) is 9.61. The van der Waals surface area contributed by atoms with E-state index in [0.717, 1.165) is 12.5 Å². The van der Waals surface area contributed by atoms with Crippen molar-refractivity contribution in [3.05, 3.63) is 0 Å². The third-order valence-electron chi connectivity index (χ3n) is 3.44. The summed E-state index contributed by atoms with van der Waals surface area (Å²) in [6.07, 6.45) is 9.16. The molecule has 17 heavy (non-hydrogen) atoms. The lowest BCUT2D eigenvalue weighted by Gasteiger charge is -2.22. The van der Waals surface area contributed by atoms with Gasteiger partial charge in [0.05, 0.1) is 0 Å². The van der Waals surface area contributed by atoms with Crippen LogP contribution in [0.1, 0.15) is 65.7 Å². The maximum atomic E-state index is 5.68. The van der Waals surface area contributed by atoms with Crippen LogP contribution in [0.5, 0.6) is 0 Å². The lowest BCUT2D eigenvalue weighted by atomic mass is 9.94. The number of hydrogen-bond acceptors (Lipinski definition) is 2. The number of nitrogens with zero attached hydrogens (tertiary/aromatic N) is 1. The Morgan fingerprint density at radius 1 is 0.824 bits per heavy atom. The van der Waals surface area contributed by atoms with Crippen LogP contribution in [0.15, 0.2) is 0 Å². The Balaban J connectivity index is 3.73. The van der Waals surface area contributed by atoms with Gasteiger partial charge < -0.3 is 10.6 Å². The van der Waals surface area contributed by atoms with Crippen LogP contribution in [0.4, 0.5) is 0 Å². The van der Waals surface area contributed by atoms with E-state index in [2.05, 4.69) is 25.7 Å². The first-order chi connectivity index (χ1) is 8.28. The van der Waals surface area contributed by atoms with Crippen LogP contribution < -0.4 is 5.73 Å². The molecule has 0 bridgehead atoms. The zero-order chi connectivity index (χ0) is 12.9. The van der Waals surface area contributed by atoms with Crippen molar-refractivity contribution in [2.24, 2.45) is 11.7 Å². The van der Waals surface area contributed by atoms with Crippen molar-refractivity contribution in [1.82, 2.24) is 4.90 Å². The van der Waals surface area contributed by atoms with Gasteiger partial charge in [-0.15, -0.1) is 0 Å². The van der Waals surface area contributed by atoms with E-state index in [4.69, 9.17) is 5.73 Å². The fraction of sp³-hybridized carbons (Fsp3) is 1.00. The number of nitrogens with two attached hydrogens (primary N) is 1. The van der Waals surface area contributed by atoms with Crippen LogP contribution in [0, 0.1) is 5.92 Å². The molecule has 0 rings (SSSR count). The van der Waals surface area contributed by atoms with E-state index in [-0.39, 0.29) is 0 Å². The van der Waals surface area contributed by atoms with Gasteiger partial charge in [0.25, 0.3) is 0 Å². The highest BCUT2D eigenvalue weighted by atomic mass is 15.1. The lowest BCUT2D eigenvalue weighted by Crippen LogP contribution is -2.27. The molecule has 0 spiro atoms. The van der Waals surface area contributed by atoms with Crippen molar-refractivity contribution >= 4 is 0 Å². The zero-order valence-corrected chi connectivity index (χ0v) is 12.4. The second kappa shape index (κ2) is 12.4. The quantitative estimate of drug-likeness (QED) is 0.566. The Kier molecular flexibility index (Phi) is 12.3. The molecule has 2 heteroatoms. The summed E-state index contributed by atoms with van der Waals surface area (Å²) in [6, 6.07) is 0. The normalized spacial score (nSPS) is 13.2. The maximum Gasteiger partial charge on any atom is -0.00186 e. The molecule has 2 nitrogen and oxygen atoms in total.